The largest absolute Gasteiger partial charge is 0.480 e. The zero-order valence-corrected chi connectivity index (χ0v) is 11.3. The molecule has 1 rings (SSSR count). The number of aliphatic carboxylic acids is 2. The highest BCUT2D eigenvalue weighted by atomic mass is 19.1. The minimum Gasteiger partial charge on any atom is -0.480 e. The van der Waals surface area contributed by atoms with Gasteiger partial charge in [0.2, 0.25) is 5.91 Å². The van der Waals surface area contributed by atoms with Crippen molar-refractivity contribution in [1.29, 1.82) is 0 Å². The lowest BCUT2D eigenvalue weighted by atomic mass is 10.2. The number of rotatable bonds is 7. The fourth-order valence-corrected chi connectivity index (χ4v) is 1.67. The number of hydrogen-bond acceptors (Lipinski definition) is 4. The van der Waals surface area contributed by atoms with Gasteiger partial charge in [0.15, 0.2) is 0 Å². The number of anilines is 1. The van der Waals surface area contributed by atoms with Gasteiger partial charge in [0.1, 0.15) is 5.82 Å². The maximum absolute atomic E-state index is 13.1. The van der Waals surface area contributed by atoms with Crippen molar-refractivity contribution in [3.63, 3.8) is 0 Å². The van der Waals surface area contributed by atoms with Gasteiger partial charge >= 0.3 is 11.9 Å². The molecule has 0 atom stereocenters. The molecule has 8 heteroatoms. The van der Waals surface area contributed by atoms with E-state index in [1.807, 2.05) is 0 Å². The van der Waals surface area contributed by atoms with Crippen LogP contribution in [0.3, 0.4) is 0 Å². The molecule has 0 fully saturated rings. The normalized spacial score (nSPS) is 10.4. The van der Waals surface area contributed by atoms with Gasteiger partial charge in [-0.1, -0.05) is 6.07 Å². The monoisotopic (exact) mass is 298 g/mol. The van der Waals surface area contributed by atoms with Crippen molar-refractivity contribution in [2.75, 3.05) is 25.0 Å². The predicted octanol–water partition coefficient (Wildman–Crippen LogP) is 0.544. The number of aryl methyl sites for hydroxylation is 1. The van der Waals surface area contributed by atoms with Crippen molar-refractivity contribution < 1.29 is 29.0 Å². The van der Waals surface area contributed by atoms with E-state index in [4.69, 9.17) is 10.2 Å². The molecule has 0 heterocycles. The third-order valence-corrected chi connectivity index (χ3v) is 2.56. The second-order valence-electron chi connectivity index (χ2n) is 4.44. The van der Waals surface area contributed by atoms with E-state index in [9.17, 15) is 18.8 Å². The highest BCUT2D eigenvalue weighted by Gasteiger charge is 2.17. The lowest BCUT2D eigenvalue weighted by molar-refractivity contribution is -0.142. The molecule has 114 valence electrons. The van der Waals surface area contributed by atoms with Gasteiger partial charge in [0, 0.05) is 5.69 Å². The van der Waals surface area contributed by atoms with Crippen LogP contribution in [0, 0.1) is 12.7 Å². The molecule has 0 aliphatic carbocycles. The van der Waals surface area contributed by atoms with Gasteiger partial charge in [-0.2, -0.15) is 0 Å². The fourth-order valence-electron chi connectivity index (χ4n) is 1.67. The van der Waals surface area contributed by atoms with Crippen LogP contribution in [0.2, 0.25) is 0 Å². The van der Waals surface area contributed by atoms with Crippen LogP contribution in [-0.4, -0.2) is 52.6 Å². The second-order valence-corrected chi connectivity index (χ2v) is 4.44. The number of amides is 1. The minimum atomic E-state index is -1.24. The van der Waals surface area contributed by atoms with E-state index < -0.39 is 43.3 Å². The second kappa shape index (κ2) is 7.34. The molecule has 0 radical (unpaired) electrons. The van der Waals surface area contributed by atoms with Gasteiger partial charge in [0.05, 0.1) is 19.6 Å². The molecule has 1 amide bonds. The molecule has 0 aliphatic heterocycles. The smallest absolute Gasteiger partial charge is 0.317 e. The summed E-state index contributed by atoms with van der Waals surface area (Å²) in [7, 11) is 0. The highest BCUT2D eigenvalue weighted by Crippen LogP contribution is 2.15. The van der Waals surface area contributed by atoms with Crippen molar-refractivity contribution in [2.24, 2.45) is 0 Å². The third-order valence-electron chi connectivity index (χ3n) is 2.56. The molecule has 0 spiro atoms. The summed E-state index contributed by atoms with van der Waals surface area (Å²) in [6.07, 6.45) is 0. The molecule has 1 aromatic rings. The zero-order valence-electron chi connectivity index (χ0n) is 11.3. The van der Waals surface area contributed by atoms with Crippen LogP contribution >= 0.6 is 0 Å². The molecule has 0 saturated heterocycles. The van der Waals surface area contributed by atoms with Gasteiger partial charge < -0.3 is 15.5 Å². The lowest BCUT2D eigenvalue weighted by Gasteiger charge is -2.17. The van der Waals surface area contributed by atoms with Crippen molar-refractivity contribution in [3.05, 3.63) is 29.6 Å². The number of halogens is 1. The highest BCUT2D eigenvalue weighted by molar-refractivity contribution is 5.93. The molecule has 0 saturated carbocycles. The summed E-state index contributed by atoms with van der Waals surface area (Å²) in [5.74, 6) is -3.63. The first-order valence-corrected chi connectivity index (χ1v) is 6.00. The predicted molar refractivity (Wildman–Crippen MR) is 71.5 cm³/mol. The number of carboxylic acid groups (broad SMARTS) is 2. The number of nitrogens with one attached hydrogen (secondary N) is 1. The summed E-state index contributed by atoms with van der Waals surface area (Å²) >= 11 is 0. The molecule has 7 nitrogen and oxygen atoms in total. The molecule has 0 unspecified atom stereocenters. The van der Waals surface area contributed by atoms with E-state index in [0.717, 1.165) is 11.0 Å². The quantitative estimate of drug-likeness (QED) is 0.678. The van der Waals surface area contributed by atoms with Gasteiger partial charge in [-0.05, 0) is 24.6 Å². The summed E-state index contributed by atoms with van der Waals surface area (Å²) in [6.45, 7) is 0.0829. The fraction of sp³-hybridized carbons (Fsp3) is 0.308. The maximum Gasteiger partial charge on any atom is 0.317 e. The molecule has 1 aromatic carbocycles. The Morgan fingerprint density at radius 1 is 1.14 bits per heavy atom. The van der Waals surface area contributed by atoms with Gasteiger partial charge in [-0.3, -0.25) is 19.3 Å². The van der Waals surface area contributed by atoms with Crippen LogP contribution in [0.25, 0.3) is 0 Å². The first-order chi connectivity index (χ1) is 9.77. The van der Waals surface area contributed by atoms with E-state index in [1.54, 1.807) is 6.92 Å². The standard InChI is InChI=1S/C13H15FN2O5/c1-8-2-3-9(14)4-10(8)15-11(17)5-16(6-12(18)19)7-13(20)21/h2-4H,5-7H2,1H3,(H,15,17)(H,18,19)(H,20,21). The topological polar surface area (TPSA) is 107 Å². The Kier molecular flexibility index (Phi) is 5.79. The van der Waals surface area contributed by atoms with E-state index >= 15 is 0 Å². The van der Waals surface area contributed by atoms with Crippen LogP contribution in [-0.2, 0) is 14.4 Å². The average molecular weight is 298 g/mol. The molecule has 21 heavy (non-hydrogen) atoms. The van der Waals surface area contributed by atoms with Crippen LogP contribution < -0.4 is 5.32 Å². The molecule has 0 bridgehead atoms. The Labute approximate surface area is 120 Å². The number of carbonyl (C=O) groups excluding carboxylic acids is 1. The summed E-state index contributed by atoms with van der Waals surface area (Å²) < 4.78 is 13.1. The number of nitrogens with zero attached hydrogens (tertiary/aromatic N) is 1. The molecule has 3 N–H and O–H groups in total. The summed E-state index contributed by atoms with van der Waals surface area (Å²) in [4.78, 5) is 34.0. The molecule has 0 aliphatic rings. The van der Waals surface area contributed by atoms with Crippen molar-refractivity contribution in [1.82, 2.24) is 4.90 Å². The summed E-state index contributed by atoms with van der Waals surface area (Å²) in [5, 5.41) is 19.7. The van der Waals surface area contributed by atoms with Crippen LogP contribution in [0.1, 0.15) is 5.56 Å². The molecular weight excluding hydrogens is 283 g/mol. The number of benzene rings is 1. The number of carbonyl (C=O) groups is 3. The summed E-state index contributed by atoms with van der Waals surface area (Å²) in [6, 6.07) is 3.86. The van der Waals surface area contributed by atoms with E-state index in [2.05, 4.69) is 5.32 Å². The SMILES string of the molecule is Cc1ccc(F)cc1NC(=O)CN(CC(=O)O)CC(=O)O. The Morgan fingerprint density at radius 3 is 2.24 bits per heavy atom. The number of carboxylic acids is 2. The van der Waals surface area contributed by atoms with E-state index in [-0.39, 0.29) is 5.69 Å². The Morgan fingerprint density at radius 2 is 1.71 bits per heavy atom. The van der Waals surface area contributed by atoms with E-state index in [0.29, 0.717) is 5.56 Å². The molecule has 0 aromatic heterocycles. The van der Waals surface area contributed by atoms with Gasteiger partial charge in [-0.15, -0.1) is 0 Å². The van der Waals surface area contributed by atoms with Crippen molar-refractivity contribution >= 4 is 23.5 Å². The van der Waals surface area contributed by atoms with Gasteiger partial charge in [0.25, 0.3) is 0 Å². The average Bonchev–Trinajstić information content (AvgIpc) is 2.31. The van der Waals surface area contributed by atoms with Crippen LogP contribution in [0.15, 0.2) is 18.2 Å². The Hall–Kier alpha value is -2.48. The van der Waals surface area contributed by atoms with Gasteiger partial charge in [-0.25, -0.2) is 4.39 Å². The first kappa shape index (κ1) is 16.6. The van der Waals surface area contributed by atoms with E-state index in [1.165, 1.54) is 12.1 Å². The summed E-state index contributed by atoms with van der Waals surface area (Å²) in [5.41, 5.74) is 0.887. The number of hydrogen-bond donors (Lipinski definition) is 3. The first-order valence-electron chi connectivity index (χ1n) is 6.00. The molecular formula is C13H15FN2O5. The van der Waals surface area contributed by atoms with Crippen molar-refractivity contribution in [2.45, 2.75) is 6.92 Å². The Balaban J connectivity index is 2.70. The minimum absolute atomic E-state index is 0.255. The third kappa shape index (κ3) is 6.00. The van der Waals surface area contributed by atoms with Crippen molar-refractivity contribution in [3.8, 4) is 0 Å². The Bertz CT molecular complexity index is 545. The van der Waals surface area contributed by atoms with Crippen LogP contribution in [0.4, 0.5) is 10.1 Å². The van der Waals surface area contributed by atoms with Crippen LogP contribution in [0.5, 0.6) is 0 Å². The maximum atomic E-state index is 13.1. The zero-order chi connectivity index (χ0) is 16.0. The lowest BCUT2D eigenvalue weighted by Crippen LogP contribution is -2.40.